The number of methoxy groups -OCH3 is 1. The second kappa shape index (κ2) is 8.36. The minimum atomic E-state index is -3.13. The van der Waals surface area contributed by atoms with Gasteiger partial charge in [0.25, 0.3) is 0 Å². The van der Waals surface area contributed by atoms with Crippen molar-refractivity contribution in [1.82, 2.24) is 9.62 Å². The Morgan fingerprint density at radius 1 is 1.33 bits per heavy atom. The number of benzene rings is 1. The van der Waals surface area contributed by atoms with Crippen LogP contribution in [-0.2, 0) is 10.0 Å². The van der Waals surface area contributed by atoms with Gasteiger partial charge in [-0.15, -0.1) is 0 Å². The van der Waals surface area contributed by atoms with Gasteiger partial charge in [-0.3, -0.25) is 4.90 Å². The van der Waals surface area contributed by atoms with E-state index in [0.717, 1.165) is 24.4 Å². The van der Waals surface area contributed by atoms with Crippen molar-refractivity contribution >= 4 is 10.0 Å². The van der Waals surface area contributed by atoms with Crippen LogP contribution in [0.15, 0.2) is 24.3 Å². The molecule has 0 fully saturated rings. The number of rotatable bonds is 9. The van der Waals surface area contributed by atoms with Crippen molar-refractivity contribution in [1.29, 1.82) is 0 Å². The average molecular weight is 314 g/mol. The molecule has 1 aromatic carbocycles. The fourth-order valence-corrected chi connectivity index (χ4v) is 3.11. The Kier molecular flexibility index (Phi) is 7.14. The first-order valence-corrected chi connectivity index (χ1v) is 8.88. The highest BCUT2D eigenvalue weighted by Crippen LogP contribution is 2.28. The minimum Gasteiger partial charge on any atom is -0.496 e. The average Bonchev–Trinajstić information content (AvgIpc) is 2.51. The van der Waals surface area contributed by atoms with Crippen LogP contribution < -0.4 is 9.46 Å². The molecule has 5 nitrogen and oxygen atoms in total. The van der Waals surface area contributed by atoms with E-state index >= 15 is 0 Å². The first-order chi connectivity index (χ1) is 9.95. The fourth-order valence-electron chi connectivity index (χ4n) is 2.39. The maximum atomic E-state index is 11.5. The Morgan fingerprint density at radius 2 is 2.00 bits per heavy atom. The monoisotopic (exact) mass is 314 g/mol. The van der Waals surface area contributed by atoms with Gasteiger partial charge in [0, 0.05) is 11.6 Å². The topological polar surface area (TPSA) is 58.6 Å². The maximum Gasteiger partial charge on any atom is 0.211 e. The molecule has 0 radical (unpaired) electrons. The lowest BCUT2D eigenvalue weighted by Gasteiger charge is -2.29. The van der Waals surface area contributed by atoms with Gasteiger partial charge in [-0.05, 0) is 39.5 Å². The molecule has 1 atom stereocenters. The summed E-state index contributed by atoms with van der Waals surface area (Å²) in [5.41, 5.74) is 1.12. The van der Waals surface area contributed by atoms with E-state index in [4.69, 9.17) is 4.74 Å². The van der Waals surface area contributed by atoms with E-state index in [1.165, 1.54) is 7.05 Å². The standard InChI is InChI=1S/C15H26N2O3S/c1-5-17(11-8-12-21(18,19)16-3)13(2)14-9-6-7-10-15(14)20-4/h6-7,9-10,13,16H,5,8,11-12H2,1-4H3/t13-/m0/s1. The molecule has 0 amide bonds. The molecule has 0 aliphatic heterocycles. The number of para-hydroxylation sites is 1. The first kappa shape index (κ1) is 17.9. The Morgan fingerprint density at radius 3 is 2.57 bits per heavy atom. The van der Waals surface area contributed by atoms with Gasteiger partial charge >= 0.3 is 0 Å². The predicted molar refractivity (Wildman–Crippen MR) is 86.1 cm³/mol. The molecule has 0 saturated carbocycles. The Labute approximate surface area is 128 Å². The second-order valence-corrected chi connectivity index (χ2v) is 6.97. The summed E-state index contributed by atoms with van der Waals surface area (Å²) in [4.78, 5) is 2.25. The van der Waals surface area contributed by atoms with Crippen LogP contribution in [0.5, 0.6) is 5.75 Å². The van der Waals surface area contributed by atoms with Crippen LogP contribution in [0, 0.1) is 0 Å². The summed E-state index contributed by atoms with van der Waals surface area (Å²) in [6, 6.07) is 8.13. The molecule has 0 aliphatic rings. The molecule has 1 N–H and O–H groups in total. The van der Waals surface area contributed by atoms with Gasteiger partial charge < -0.3 is 4.74 Å². The molecular formula is C15H26N2O3S. The van der Waals surface area contributed by atoms with Gasteiger partial charge in [0.15, 0.2) is 0 Å². The molecule has 0 aliphatic carbocycles. The van der Waals surface area contributed by atoms with Gasteiger partial charge in [-0.25, -0.2) is 13.1 Å². The number of hydrogen-bond donors (Lipinski definition) is 1. The van der Waals surface area contributed by atoms with E-state index in [0.29, 0.717) is 6.42 Å². The second-order valence-electron chi connectivity index (χ2n) is 4.92. The van der Waals surface area contributed by atoms with Crippen LogP contribution in [0.1, 0.15) is 31.9 Å². The number of sulfonamides is 1. The number of hydrogen-bond acceptors (Lipinski definition) is 4. The molecule has 0 spiro atoms. The summed E-state index contributed by atoms with van der Waals surface area (Å²) in [6.45, 7) is 5.79. The molecule has 120 valence electrons. The lowest BCUT2D eigenvalue weighted by atomic mass is 10.1. The van der Waals surface area contributed by atoms with Crippen molar-refractivity contribution in [3.63, 3.8) is 0 Å². The van der Waals surface area contributed by atoms with Crippen LogP contribution in [0.3, 0.4) is 0 Å². The third-order valence-corrected chi connectivity index (χ3v) is 5.16. The van der Waals surface area contributed by atoms with E-state index < -0.39 is 10.0 Å². The Bertz CT molecular complexity index is 531. The molecule has 0 unspecified atom stereocenters. The van der Waals surface area contributed by atoms with Crippen molar-refractivity contribution in [2.75, 3.05) is 33.0 Å². The lowest BCUT2D eigenvalue weighted by molar-refractivity contribution is 0.218. The quantitative estimate of drug-likeness (QED) is 0.757. The molecule has 0 saturated heterocycles. The van der Waals surface area contributed by atoms with Gasteiger partial charge in [-0.1, -0.05) is 25.1 Å². The van der Waals surface area contributed by atoms with E-state index in [2.05, 4.69) is 29.5 Å². The Hall–Kier alpha value is -1.11. The third-order valence-electron chi connectivity index (χ3n) is 3.71. The smallest absolute Gasteiger partial charge is 0.211 e. The van der Waals surface area contributed by atoms with Gasteiger partial charge in [0.05, 0.1) is 12.9 Å². The van der Waals surface area contributed by atoms with E-state index in [1.54, 1.807) is 7.11 Å². The molecule has 21 heavy (non-hydrogen) atoms. The predicted octanol–water partition coefficient (Wildman–Crippen LogP) is 2.02. The summed E-state index contributed by atoms with van der Waals surface area (Å²) in [6.07, 6.45) is 0.608. The summed E-state index contributed by atoms with van der Waals surface area (Å²) in [7, 11) is -0.0111. The molecule has 6 heteroatoms. The maximum absolute atomic E-state index is 11.5. The van der Waals surface area contributed by atoms with Gasteiger partial charge in [0.2, 0.25) is 10.0 Å². The zero-order valence-electron chi connectivity index (χ0n) is 13.3. The summed E-state index contributed by atoms with van der Waals surface area (Å²) in [5.74, 6) is 1.02. The normalized spacial score (nSPS) is 13.4. The van der Waals surface area contributed by atoms with E-state index in [-0.39, 0.29) is 11.8 Å². The highest BCUT2D eigenvalue weighted by Gasteiger charge is 2.18. The third kappa shape index (κ3) is 5.30. The van der Waals surface area contributed by atoms with Gasteiger partial charge in [0.1, 0.15) is 5.75 Å². The van der Waals surface area contributed by atoms with Crippen molar-refractivity contribution < 1.29 is 13.2 Å². The molecule has 1 rings (SSSR count). The number of nitrogens with one attached hydrogen (secondary N) is 1. The SMILES string of the molecule is CCN(CCCS(=O)(=O)NC)[C@@H](C)c1ccccc1OC. The van der Waals surface area contributed by atoms with Crippen molar-refractivity contribution in [2.24, 2.45) is 0 Å². The Balaban J connectivity index is 2.71. The molecule has 1 aromatic rings. The zero-order valence-corrected chi connectivity index (χ0v) is 14.1. The molecular weight excluding hydrogens is 288 g/mol. The number of ether oxygens (including phenoxy) is 1. The minimum absolute atomic E-state index is 0.151. The lowest BCUT2D eigenvalue weighted by Crippen LogP contribution is -2.31. The van der Waals surface area contributed by atoms with Crippen LogP contribution in [0.2, 0.25) is 0 Å². The van der Waals surface area contributed by atoms with Crippen molar-refractivity contribution in [3.05, 3.63) is 29.8 Å². The summed E-state index contributed by atoms with van der Waals surface area (Å²) >= 11 is 0. The highest BCUT2D eigenvalue weighted by atomic mass is 32.2. The van der Waals surface area contributed by atoms with Gasteiger partial charge in [-0.2, -0.15) is 0 Å². The van der Waals surface area contributed by atoms with Crippen LogP contribution in [0.25, 0.3) is 0 Å². The zero-order chi connectivity index (χ0) is 15.9. The summed E-state index contributed by atoms with van der Waals surface area (Å²) < 4.78 is 30.7. The first-order valence-electron chi connectivity index (χ1n) is 7.23. The molecule has 0 bridgehead atoms. The molecule has 0 aromatic heterocycles. The summed E-state index contributed by atoms with van der Waals surface area (Å²) in [5, 5.41) is 0. The van der Waals surface area contributed by atoms with Crippen molar-refractivity contribution in [3.8, 4) is 5.75 Å². The van der Waals surface area contributed by atoms with Crippen LogP contribution >= 0.6 is 0 Å². The van der Waals surface area contributed by atoms with Crippen molar-refractivity contribution in [2.45, 2.75) is 26.3 Å². The van der Waals surface area contributed by atoms with E-state index in [1.807, 2.05) is 18.2 Å². The van der Waals surface area contributed by atoms with Crippen LogP contribution in [-0.4, -0.2) is 46.3 Å². The number of nitrogens with zero attached hydrogens (tertiary/aromatic N) is 1. The van der Waals surface area contributed by atoms with E-state index in [9.17, 15) is 8.42 Å². The highest BCUT2D eigenvalue weighted by molar-refractivity contribution is 7.89. The largest absolute Gasteiger partial charge is 0.496 e. The molecule has 0 heterocycles. The van der Waals surface area contributed by atoms with Crippen LogP contribution in [0.4, 0.5) is 0 Å². The fraction of sp³-hybridized carbons (Fsp3) is 0.600.